The summed E-state index contributed by atoms with van der Waals surface area (Å²) in [6, 6.07) is 10.8. The van der Waals surface area contributed by atoms with E-state index in [0.717, 1.165) is 81.3 Å². The quantitative estimate of drug-likeness (QED) is 0.267. The van der Waals surface area contributed by atoms with Gasteiger partial charge in [-0.2, -0.15) is 13.2 Å². The molecule has 43 heavy (non-hydrogen) atoms. The van der Waals surface area contributed by atoms with Crippen LogP contribution in [0.15, 0.2) is 42.5 Å². The SMILES string of the molecule is CCCN1CCC(NC(=S)c2ccc(C)cc2)C(NC(=O)CNC(=O)c2cc(C(F)(F)F)ccc2NC2CCCCC2)C1. The van der Waals surface area contributed by atoms with Gasteiger partial charge in [0.1, 0.15) is 4.99 Å². The molecule has 4 N–H and O–H groups in total. The monoisotopic (exact) mass is 617 g/mol. The van der Waals surface area contributed by atoms with Gasteiger partial charge in [-0.15, -0.1) is 0 Å². The Morgan fingerprint density at radius 1 is 0.977 bits per heavy atom. The number of benzene rings is 2. The molecule has 0 spiro atoms. The first-order chi connectivity index (χ1) is 20.5. The number of thiocarbonyl (C=S) groups is 1. The van der Waals surface area contributed by atoms with Crippen molar-refractivity contribution in [2.45, 2.75) is 83.1 Å². The van der Waals surface area contributed by atoms with Crippen molar-refractivity contribution in [2.24, 2.45) is 0 Å². The minimum atomic E-state index is -4.59. The number of alkyl halides is 3. The molecular weight excluding hydrogens is 575 g/mol. The highest BCUT2D eigenvalue weighted by molar-refractivity contribution is 7.80. The Hall–Kier alpha value is -3.18. The number of rotatable bonds is 10. The zero-order valence-corrected chi connectivity index (χ0v) is 25.7. The Labute approximate surface area is 257 Å². The van der Waals surface area contributed by atoms with Crippen LogP contribution in [0, 0.1) is 6.92 Å². The molecule has 2 amide bonds. The van der Waals surface area contributed by atoms with E-state index in [1.807, 2.05) is 31.2 Å². The standard InChI is InChI=1S/C32H42F3N5O2S/c1-3-16-40-17-15-27(39-31(43)22-11-9-21(2)10-12-22)28(20-40)38-29(41)19-36-30(42)25-18-23(32(33,34)35)13-14-26(25)37-24-7-5-4-6-8-24/h9-14,18,24,27-28,37H,3-8,15-17,19-20H2,1-2H3,(H,36,42)(H,38,41)(H,39,43). The van der Waals surface area contributed by atoms with E-state index in [4.69, 9.17) is 12.2 Å². The second-order valence-electron chi connectivity index (χ2n) is 11.6. The molecule has 1 heterocycles. The summed E-state index contributed by atoms with van der Waals surface area (Å²) in [5.41, 5.74) is 1.34. The van der Waals surface area contributed by atoms with Crippen molar-refractivity contribution < 1.29 is 22.8 Å². The van der Waals surface area contributed by atoms with Crippen molar-refractivity contribution in [2.75, 3.05) is 31.5 Å². The summed E-state index contributed by atoms with van der Waals surface area (Å²) in [7, 11) is 0. The van der Waals surface area contributed by atoms with E-state index < -0.39 is 23.6 Å². The van der Waals surface area contributed by atoms with Gasteiger partial charge < -0.3 is 26.2 Å². The van der Waals surface area contributed by atoms with Crippen LogP contribution in [0.2, 0.25) is 0 Å². The van der Waals surface area contributed by atoms with Gasteiger partial charge >= 0.3 is 6.18 Å². The van der Waals surface area contributed by atoms with Crippen LogP contribution >= 0.6 is 12.2 Å². The molecule has 2 unspecified atom stereocenters. The van der Waals surface area contributed by atoms with E-state index in [2.05, 4.69) is 33.1 Å². The third-order valence-electron chi connectivity index (χ3n) is 8.18. The van der Waals surface area contributed by atoms with E-state index in [1.165, 1.54) is 6.07 Å². The van der Waals surface area contributed by atoms with Crippen LogP contribution in [0.1, 0.15) is 78.9 Å². The van der Waals surface area contributed by atoms with E-state index in [0.29, 0.717) is 17.2 Å². The Morgan fingerprint density at radius 3 is 2.37 bits per heavy atom. The van der Waals surface area contributed by atoms with Crippen LogP contribution in [0.25, 0.3) is 0 Å². The number of halogens is 3. The average Bonchev–Trinajstić information content (AvgIpc) is 2.98. The molecule has 2 aliphatic rings. The molecule has 2 aromatic carbocycles. The molecule has 1 aliphatic heterocycles. The fourth-order valence-electron chi connectivity index (χ4n) is 5.83. The summed E-state index contributed by atoms with van der Waals surface area (Å²) < 4.78 is 40.5. The molecule has 2 atom stereocenters. The molecular formula is C32H42F3N5O2S. The summed E-state index contributed by atoms with van der Waals surface area (Å²) in [4.78, 5) is 29.1. The number of hydrogen-bond donors (Lipinski definition) is 4. The van der Waals surface area contributed by atoms with Crippen molar-refractivity contribution in [3.8, 4) is 0 Å². The Balaban J connectivity index is 1.42. The predicted molar refractivity (Wildman–Crippen MR) is 167 cm³/mol. The van der Waals surface area contributed by atoms with E-state index in [9.17, 15) is 22.8 Å². The van der Waals surface area contributed by atoms with Gasteiger partial charge in [0.15, 0.2) is 0 Å². The minimum absolute atomic E-state index is 0.0909. The lowest BCUT2D eigenvalue weighted by atomic mass is 9.95. The van der Waals surface area contributed by atoms with Gasteiger partial charge in [-0.3, -0.25) is 9.59 Å². The van der Waals surface area contributed by atoms with Crippen LogP contribution in [0.4, 0.5) is 18.9 Å². The van der Waals surface area contributed by atoms with Gasteiger partial charge in [0.25, 0.3) is 5.91 Å². The second-order valence-corrected chi connectivity index (χ2v) is 12.0. The molecule has 11 heteroatoms. The van der Waals surface area contributed by atoms with Gasteiger partial charge in [0, 0.05) is 36.4 Å². The molecule has 2 fully saturated rings. The number of amides is 2. The van der Waals surface area contributed by atoms with Crippen molar-refractivity contribution in [1.29, 1.82) is 0 Å². The fourth-order valence-corrected chi connectivity index (χ4v) is 6.12. The van der Waals surface area contributed by atoms with Gasteiger partial charge in [-0.05, 0) is 57.4 Å². The van der Waals surface area contributed by atoms with Crippen molar-refractivity contribution in [1.82, 2.24) is 20.9 Å². The first-order valence-corrected chi connectivity index (χ1v) is 15.6. The van der Waals surface area contributed by atoms with Gasteiger partial charge in [0.05, 0.1) is 23.7 Å². The van der Waals surface area contributed by atoms with Crippen LogP contribution in [0.5, 0.6) is 0 Å². The predicted octanol–water partition coefficient (Wildman–Crippen LogP) is 5.42. The number of carbonyl (C=O) groups is 2. The maximum absolute atomic E-state index is 13.5. The molecule has 0 bridgehead atoms. The number of hydrogen-bond acceptors (Lipinski definition) is 5. The zero-order valence-electron chi connectivity index (χ0n) is 24.9. The fraction of sp³-hybridized carbons (Fsp3) is 0.531. The van der Waals surface area contributed by atoms with E-state index >= 15 is 0 Å². The number of nitrogens with one attached hydrogen (secondary N) is 4. The molecule has 234 valence electrons. The first-order valence-electron chi connectivity index (χ1n) is 15.2. The second kappa shape index (κ2) is 15.0. The number of likely N-dealkylation sites (tertiary alicyclic amines) is 1. The van der Waals surface area contributed by atoms with Crippen LogP contribution in [-0.2, 0) is 11.0 Å². The van der Waals surface area contributed by atoms with Gasteiger partial charge in [-0.25, -0.2) is 0 Å². The lowest BCUT2D eigenvalue weighted by molar-refractivity contribution is -0.137. The van der Waals surface area contributed by atoms with Crippen molar-refractivity contribution in [3.63, 3.8) is 0 Å². The summed E-state index contributed by atoms with van der Waals surface area (Å²) in [5, 5.41) is 12.3. The largest absolute Gasteiger partial charge is 0.416 e. The van der Waals surface area contributed by atoms with Crippen molar-refractivity contribution in [3.05, 3.63) is 64.7 Å². The number of piperidine rings is 1. The molecule has 0 aromatic heterocycles. The number of nitrogens with zero attached hydrogens (tertiary/aromatic N) is 1. The highest BCUT2D eigenvalue weighted by Crippen LogP contribution is 2.33. The number of aryl methyl sites for hydroxylation is 1. The van der Waals surface area contributed by atoms with E-state index in [1.54, 1.807) is 0 Å². The van der Waals surface area contributed by atoms with E-state index in [-0.39, 0.29) is 30.2 Å². The lowest BCUT2D eigenvalue weighted by Gasteiger charge is -2.39. The maximum atomic E-state index is 13.5. The van der Waals surface area contributed by atoms with Crippen molar-refractivity contribution >= 4 is 34.7 Å². The summed E-state index contributed by atoms with van der Waals surface area (Å²) >= 11 is 5.66. The average molecular weight is 618 g/mol. The third kappa shape index (κ3) is 9.40. The Bertz CT molecular complexity index is 1260. The van der Waals surface area contributed by atoms with Gasteiger partial charge in [-0.1, -0.05) is 68.2 Å². The molecule has 2 aromatic rings. The maximum Gasteiger partial charge on any atom is 0.416 e. The molecule has 1 saturated carbocycles. The number of anilines is 1. The highest BCUT2D eigenvalue weighted by atomic mass is 32.1. The number of carbonyl (C=O) groups excluding carboxylic acids is 2. The topological polar surface area (TPSA) is 85.5 Å². The Kier molecular flexibility index (Phi) is 11.4. The highest BCUT2D eigenvalue weighted by Gasteiger charge is 2.33. The summed E-state index contributed by atoms with van der Waals surface area (Å²) in [5.74, 6) is -1.15. The van der Waals surface area contributed by atoms with Crippen LogP contribution in [-0.4, -0.2) is 66.0 Å². The molecule has 1 saturated heterocycles. The first kappa shape index (κ1) is 32.7. The molecule has 7 nitrogen and oxygen atoms in total. The lowest BCUT2D eigenvalue weighted by Crippen LogP contribution is -2.61. The normalized spacial score (nSPS) is 19.8. The Morgan fingerprint density at radius 2 is 1.70 bits per heavy atom. The molecule has 0 radical (unpaired) electrons. The summed E-state index contributed by atoms with van der Waals surface area (Å²) in [6.07, 6.45) is 2.12. The van der Waals surface area contributed by atoms with Gasteiger partial charge in [0.2, 0.25) is 5.91 Å². The molecule has 1 aliphatic carbocycles. The van der Waals surface area contributed by atoms with Crippen LogP contribution in [0.3, 0.4) is 0 Å². The smallest absolute Gasteiger partial charge is 0.382 e. The van der Waals surface area contributed by atoms with Crippen LogP contribution < -0.4 is 21.3 Å². The molecule has 4 rings (SSSR count). The third-order valence-corrected chi connectivity index (χ3v) is 8.53. The minimum Gasteiger partial charge on any atom is -0.382 e. The summed E-state index contributed by atoms with van der Waals surface area (Å²) in [6.45, 7) is 6.12. The zero-order chi connectivity index (χ0) is 31.0.